The topological polar surface area (TPSA) is 128 Å². The number of rotatable bonds is 10. The first-order valence-corrected chi connectivity index (χ1v) is 14.2. The number of pyridine rings is 2. The lowest BCUT2D eigenvalue weighted by Gasteiger charge is -2.23. The van der Waals surface area contributed by atoms with Crippen LogP contribution in [0.3, 0.4) is 0 Å². The zero-order valence-electron chi connectivity index (χ0n) is 23.3. The fourth-order valence-corrected chi connectivity index (χ4v) is 5.34. The molecule has 2 aromatic carbocycles. The van der Waals surface area contributed by atoms with E-state index < -0.39 is 6.02 Å². The molecule has 3 aromatic heterocycles. The minimum atomic E-state index is -1.68. The van der Waals surface area contributed by atoms with Crippen LogP contribution in [0.5, 0.6) is 0 Å². The third kappa shape index (κ3) is 5.71. The van der Waals surface area contributed by atoms with Gasteiger partial charge in [0.15, 0.2) is 0 Å². The molecule has 0 spiro atoms. The first-order valence-electron chi connectivity index (χ1n) is 13.9. The summed E-state index contributed by atoms with van der Waals surface area (Å²) in [5.41, 5.74) is 3.50. The quantitative estimate of drug-likeness (QED) is 0.160. The zero-order chi connectivity index (χ0) is 30.0. The maximum absolute atomic E-state index is 10.0. The molecule has 11 heteroatoms. The van der Waals surface area contributed by atoms with Crippen LogP contribution < -0.4 is 10.6 Å². The summed E-state index contributed by atoms with van der Waals surface area (Å²) in [6, 6.07) is 19.4. The van der Waals surface area contributed by atoms with Crippen LogP contribution in [0.25, 0.3) is 10.9 Å². The highest BCUT2D eigenvalue weighted by molar-refractivity contribution is 6.36. The molecule has 0 saturated heterocycles. The molecule has 2 atom stereocenters. The third-order valence-corrected chi connectivity index (χ3v) is 7.69. The SMILES string of the molecule is [2H]C(Nc1cc(Cl)c2ncc(C#N)c(N[C@H](CCC#N)c3ccccc3)c2c1)(c1cn(C2CC2)nn1)c1cccnc1Cl. The molecule has 3 heterocycles. The first kappa shape index (κ1) is 26.2. The predicted octanol–water partition coefficient (Wildman–Crippen LogP) is 7.39. The van der Waals surface area contributed by atoms with Crippen LogP contribution >= 0.6 is 23.2 Å². The summed E-state index contributed by atoms with van der Waals surface area (Å²) < 4.78 is 11.4. The summed E-state index contributed by atoms with van der Waals surface area (Å²) in [6.45, 7) is 0. The molecule has 42 heavy (non-hydrogen) atoms. The van der Waals surface area contributed by atoms with Gasteiger partial charge in [-0.05, 0) is 43.0 Å². The first-order chi connectivity index (χ1) is 20.9. The van der Waals surface area contributed by atoms with Crippen LogP contribution in [-0.2, 0) is 0 Å². The lowest BCUT2D eigenvalue weighted by Crippen LogP contribution is -2.15. The number of nitrogens with zero attached hydrogens (tertiary/aromatic N) is 7. The maximum atomic E-state index is 10.0. The number of nitriles is 2. The van der Waals surface area contributed by atoms with Gasteiger partial charge >= 0.3 is 0 Å². The van der Waals surface area contributed by atoms with Crippen molar-refractivity contribution >= 4 is 45.5 Å². The molecule has 1 aliphatic rings. The smallest absolute Gasteiger partial charge is 0.134 e. The van der Waals surface area contributed by atoms with Gasteiger partial charge < -0.3 is 10.6 Å². The number of aromatic nitrogens is 5. The van der Waals surface area contributed by atoms with E-state index in [-0.39, 0.29) is 17.2 Å². The minimum absolute atomic E-state index is 0.150. The molecule has 1 unspecified atom stereocenters. The van der Waals surface area contributed by atoms with E-state index in [0.29, 0.717) is 57.0 Å². The van der Waals surface area contributed by atoms with E-state index in [9.17, 15) is 11.9 Å². The highest BCUT2D eigenvalue weighted by Gasteiger charge is 2.28. The number of fused-ring (bicyclic) bond motifs is 1. The largest absolute Gasteiger partial charge is 0.377 e. The van der Waals surface area contributed by atoms with Crippen molar-refractivity contribution in [2.45, 2.75) is 43.8 Å². The van der Waals surface area contributed by atoms with E-state index >= 15 is 0 Å². The Kier molecular flexibility index (Phi) is 7.51. The highest BCUT2D eigenvalue weighted by Crippen LogP contribution is 2.39. The molecule has 5 aromatic rings. The third-order valence-electron chi connectivity index (χ3n) is 7.10. The Hall–Kier alpha value is -4.70. The van der Waals surface area contributed by atoms with Crippen molar-refractivity contribution in [2.75, 3.05) is 10.6 Å². The molecule has 6 rings (SSSR count). The van der Waals surface area contributed by atoms with Crippen molar-refractivity contribution in [3.8, 4) is 12.1 Å². The Labute approximate surface area is 254 Å². The fourth-order valence-electron chi connectivity index (χ4n) is 4.86. The van der Waals surface area contributed by atoms with Gasteiger partial charge in [0.25, 0.3) is 0 Å². The van der Waals surface area contributed by atoms with Crippen molar-refractivity contribution in [3.05, 3.63) is 106 Å². The second-order valence-electron chi connectivity index (χ2n) is 9.97. The monoisotopic (exact) mass is 594 g/mol. The molecule has 1 saturated carbocycles. The summed E-state index contributed by atoms with van der Waals surface area (Å²) in [7, 11) is 0. The molecule has 1 aliphatic carbocycles. The molecule has 2 N–H and O–H groups in total. The van der Waals surface area contributed by atoms with Crippen LogP contribution in [0.2, 0.25) is 10.2 Å². The average molecular weight is 596 g/mol. The van der Waals surface area contributed by atoms with Crippen LogP contribution in [0, 0.1) is 22.7 Å². The van der Waals surface area contributed by atoms with Crippen molar-refractivity contribution in [1.29, 1.82) is 10.5 Å². The van der Waals surface area contributed by atoms with E-state index in [4.69, 9.17) is 23.2 Å². The van der Waals surface area contributed by atoms with E-state index in [0.717, 1.165) is 18.4 Å². The summed E-state index contributed by atoms with van der Waals surface area (Å²) in [6.07, 6.45) is 7.66. The lowest BCUT2D eigenvalue weighted by atomic mass is 10.00. The van der Waals surface area contributed by atoms with Crippen LogP contribution in [0.15, 0.2) is 73.2 Å². The van der Waals surface area contributed by atoms with Crippen LogP contribution in [0.1, 0.15) is 67.5 Å². The van der Waals surface area contributed by atoms with Crippen molar-refractivity contribution in [2.24, 2.45) is 0 Å². The molecule has 208 valence electrons. The number of benzene rings is 2. The Morgan fingerprint density at radius 3 is 2.64 bits per heavy atom. The van der Waals surface area contributed by atoms with Gasteiger partial charge in [-0.3, -0.25) is 4.98 Å². The van der Waals surface area contributed by atoms with Gasteiger partial charge in [-0.25, -0.2) is 9.67 Å². The standard InChI is InChI=1S/C31H25Cl2N9/c32-25-15-21(38-30(23-8-5-13-36-31(23)33)27-18-42(41-40-27)22-10-11-22)14-24-28(20(16-35)17-37-29(24)25)39-26(9-4-12-34)19-6-2-1-3-7-19/h1-3,5-8,13-15,17-18,22,26,30,38H,4,9-11H2,(H,37,39)/t26-,30?/m1/s1/i30D. The van der Waals surface area contributed by atoms with Crippen LogP contribution in [0.4, 0.5) is 11.4 Å². The molecule has 0 radical (unpaired) electrons. The second kappa shape index (κ2) is 12.0. The van der Waals surface area contributed by atoms with Gasteiger partial charge in [0.05, 0.1) is 47.5 Å². The van der Waals surface area contributed by atoms with E-state index in [2.05, 4.69) is 43.1 Å². The summed E-state index contributed by atoms with van der Waals surface area (Å²) in [4.78, 5) is 8.68. The summed E-state index contributed by atoms with van der Waals surface area (Å²) >= 11 is 13.3. The molecule has 0 aliphatic heterocycles. The zero-order valence-corrected chi connectivity index (χ0v) is 23.8. The number of nitrogens with one attached hydrogen (secondary N) is 2. The average Bonchev–Trinajstić information content (AvgIpc) is 3.75. The fraction of sp³-hybridized carbons (Fsp3) is 0.226. The number of halogens is 2. The van der Waals surface area contributed by atoms with Gasteiger partial charge in [-0.2, -0.15) is 10.5 Å². The van der Waals surface area contributed by atoms with Crippen molar-refractivity contribution in [3.63, 3.8) is 0 Å². The molecule has 9 nitrogen and oxygen atoms in total. The Morgan fingerprint density at radius 1 is 1.07 bits per heavy atom. The van der Waals surface area contributed by atoms with Crippen molar-refractivity contribution in [1.82, 2.24) is 25.0 Å². The van der Waals surface area contributed by atoms with E-state index in [1.807, 2.05) is 30.3 Å². The van der Waals surface area contributed by atoms with Gasteiger partial charge in [0.1, 0.15) is 22.9 Å². The summed E-state index contributed by atoms with van der Waals surface area (Å²) in [5.74, 6) is 0. The molecular weight excluding hydrogens is 569 g/mol. The van der Waals surface area contributed by atoms with Gasteiger partial charge in [0, 0.05) is 35.5 Å². The van der Waals surface area contributed by atoms with E-state index in [1.165, 1.54) is 6.20 Å². The van der Waals surface area contributed by atoms with Gasteiger partial charge in [-0.15, -0.1) is 5.10 Å². The molecular formula is C31H25Cl2N9. The van der Waals surface area contributed by atoms with Crippen LogP contribution in [-0.4, -0.2) is 25.0 Å². The number of anilines is 2. The second-order valence-corrected chi connectivity index (χ2v) is 10.7. The minimum Gasteiger partial charge on any atom is -0.377 e. The molecule has 0 bridgehead atoms. The lowest BCUT2D eigenvalue weighted by molar-refractivity contribution is 0.610. The Morgan fingerprint density at radius 2 is 1.90 bits per heavy atom. The van der Waals surface area contributed by atoms with Gasteiger partial charge in [0.2, 0.25) is 0 Å². The summed E-state index contributed by atoms with van der Waals surface area (Å²) in [5, 5.41) is 35.8. The maximum Gasteiger partial charge on any atom is 0.134 e. The highest BCUT2D eigenvalue weighted by atomic mass is 35.5. The number of hydrogen-bond donors (Lipinski definition) is 2. The molecule has 0 amide bonds. The molecule has 1 fully saturated rings. The Bertz CT molecular complexity index is 1880. The van der Waals surface area contributed by atoms with Gasteiger partial charge in [-0.1, -0.05) is 64.8 Å². The predicted molar refractivity (Wildman–Crippen MR) is 162 cm³/mol. The van der Waals surface area contributed by atoms with Crippen molar-refractivity contribution < 1.29 is 1.37 Å². The number of hydrogen-bond acceptors (Lipinski definition) is 8. The van der Waals surface area contributed by atoms with E-state index in [1.54, 1.807) is 41.3 Å². The normalized spacial score (nSPS) is 15.2. The Balaban J connectivity index is 1.47.